The Morgan fingerprint density at radius 2 is 1.83 bits per heavy atom. The molecule has 0 unspecified atom stereocenters. The molecule has 2 aliphatic rings. The lowest BCUT2D eigenvalue weighted by atomic mass is 9.91. The van der Waals surface area contributed by atoms with E-state index < -0.39 is 12.0 Å². The molecule has 0 bridgehead atoms. The Bertz CT molecular complexity index is 1200. The molecule has 1 amide bonds. The number of ether oxygens (including phenoxy) is 2. The van der Waals surface area contributed by atoms with E-state index in [1.165, 1.54) is 11.8 Å². The van der Waals surface area contributed by atoms with Gasteiger partial charge in [-0.05, 0) is 35.9 Å². The quantitative estimate of drug-likeness (QED) is 0.476. The van der Waals surface area contributed by atoms with Gasteiger partial charge in [0.2, 0.25) is 5.91 Å². The number of carbonyl (C=O) groups excluding carboxylic acids is 2. The molecule has 0 radical (unpaired) electrons. The van der Waals surface area contributed by atoms with Gasteiger partial charge in [0.1, 0.15) is 5.75 Å². The SMILES string of the molecule is CCOC(=O)C1=C(c2ccccc2)N=C2SC=C(CC(=O)NCC(C)C)N2[C@H]1c1ccc(OC)cc1. The van der Waals surface area contributed by atoms with Crippen molar-refractivity contribution in [1.29, 1.82) is 0 Å². The minimum atomic E-state index is -0.517. The summed E-state index contributed by atoms with van der Waals surface area (Å²) in [7, 11) is 1.62. The maximum Gasteiger partial charge on any atom is 0.338 e. The predicted octanol–water partition coefficient (Wildman–Crippen LogP) is 5.13. The molecule has 188 valence electrons. The summed E-state index contributed by atoms with van der Waals surface area (Å²) < 4.78 is 10.9. The Morgan fingerprint density at radius 1 is 1.11 bits per heavy atom. The number of amides is 1. The first-order valence-electron chi connectivity index (χ1n) is 12.0. The van der Waals surface area contributed by atoms with Crippen molar-refractivity contribution in [1.82, 2.24) is 10.2 Å². The molecule has 1 atom stereocenters. The molecule has 36 heavy (non-hydrogen) atoms. The Kier molecular flexibility index (Phi) is 8.15. The average Bonchev–Trinajstić information content (AvgIpc) is 3.29. The predicted molar refractivity (Wildman–Crippen MR) is 143 cm³/mol. The van der Waals surface area contributed by atoms with Crippen molar-refractivity contribution in [2.24, 2.45) is 10.9 Å². The highest BCUT2D eigenvalue weighted by atomic mass is 32.2. The van der Waals surface area contributed by atoms with Gasteiger partial charge in [-0.2, -0.15) is 0 Å². The highest BCUT2D eigenvalue weighted by Gasteiger charge is 2.42. The smallest absolute Gasteiger partial charge is 0.338 e. The third-order valence-corrected chi connectivity index (χ3v) is 6.72. The molecule has 2 aromatic carbocycles. The molecule has 0 spiro atoms. The minimum absolute atomic E-state index is 0.0687. The van der Waals surface area contributed by atoms with Gasteiger partial charge in [-0.1, -0.05) is 68.1 Å². The normalized spacial score (nSPS) is 16.9. The van der Waals surface area contributed by atoms with Gasteiger partial charge in [-0.15, -0.1) is 0 Å². The van der Waals surface area contributed by atoms with Gasteiger partial charge in [0, 0.05) is 17.8 Å². The van der Waals surface area contributed by atoms with Crippen LogP contribution in [0, 0.1) is 5.92 Å². The van der Waals surface area contributed by atoms with E-state index in [0.29, 0.717) is 29.5 Å². The standard InChI is InChI=1S/C28H31N3O4S/c1-5-35-27(33)24-25(19-9-7-6-8-10-19)30-28-31(26(24)20-11-13-22(34-4)14-12-20)21(17-36-28)15-23(32)29-16-18(2)3/h6-14,17-18,26H,5,15-16H2,1-4H3,(H,29,32)/t26-/m0/s1. The van der Waals surface area contributed by atoms with E-state index in [4.69, 9.17) is 14.5 Å². The van der Waals surface area contributed by atoms with Crippen molar-refractivity contribution in [3.8, 4) is 5.75 Å². The Hall–Kier alpha value is -3.52. The molecule has 0 aliphatic carbocycles. The van der Waals surface area contributed by atoms with Crippen molar-refractivity contribution >= 4 is 34.5 Å². The number of esters is 1. The fourth-order valence-corrected chi connectivity index (χ4v) is 5.05. The summed E-state index contributed by atoms with van der Waals surface area (Å²) >= 11 is 1.46. The second-order valence-corrected chi connectivity index (χ2v) is 9.73. The lowest BCUT2D eigenvalue weighted by molar-refractivity contribution is -0.139. The summed E-state index contributed by atoms with van der Waals surface area (Å²) in [6.45, 7) is 6.75. The fraction of sp³-hybridized carbons (Fsp3) is 0.321. The van der Waals surface area contributed by atoms with Gasteiger partial charge in [0.25, 0.3) is 0 Å². The van der Waals surface area contributed by atoms with Crippen LogP contribution in [0.2, 0.25) is 0 Å². The summed E-state index contributed by atoms with van der Waals surface area (Å²) in [4.78, 5) is 33.1. The van der Waals surface area contributed by atoms with Crippen molar-refractivity contribution in [3.63, 3.8) is 0 Å². The van der Waals surface area contributed by atoms with Gasteiger partial charge in [-0.25, -0.2) is 9.79 Å². The molecule has 7 nitrogen and oxygen atoms in total. The number of fused-ring (bicyclic) bond motifs is 1. The van der Waals surface area contributed by atoms with Gasteiger partial charge >= 0.3 is 5.97 Å². The van der Waals surface area contributed by atoms with Crippen molar-refractivity contribution in [3.05, 3.63) is 82.4 Å². The first-order valence-corrected chi connectivity index (χ1v) is 12.9. The third kappa shape index (κ3) is 5.49. The first-order chi connectivity index (χ1) is 17.4. The average molecular weight is 506 g/mol. The summed E-state index contributed by atoms with van der Waals surface area (Å²) in [5.41, 5.74) is 3.50. The number of rotatable bonds is 9. The number of carbonyl (C=O) groups is 2. The number of nitrogens with zero attached hydrogens (tertiary/aromatic N) is 2. The zero-order chi connectivity index (χ0) is 25.7. The number of nitrogens with one attached hydrogen (secondary N) is 1. The Morgan fingerprint density at radius 3 is 2.47 bits per heavy atom. The molecule has 0 saturated carbocycles. The van der Waals surface area contributed by atoms with Gasteiger partial charge in [-0.3, -0.25) is 4.79 Å². The van der Waals surface area contributed by atoms with Crippen molar-refractivity contribution in [2.45, 2.75) is 33.2 Å². The molecule has 2 aromatic rings. The van der Waals surface area contributed by atoms with Crippen LogP contribution in [0.3, 0.4) is 0 Å². The van der Waals surface area contributed by atoms with Crippen LogP contribution in [0.4, 0.5) is 0 Å². The lowest BCUT2D eigenvalue weighted by Crippen LogP contribution is -2.38. The highest BCUT2D eigenvalue weighted by Crippen LogP contribution is 2.47. The van der Waals surface area contributed by atoms with Crippen LogP contribution >= 0.6 is 11.8 Å². The Balaban J connectivity index is 1.82. The molecule has 4 rings (SSSR count). The molecule has 0 saturated heterocycles. The second-order valence-electron chi connectivity index (χ2n) is 8.89. The monoisotopic (exact) mass is 505 g/mol. The molecule has 0 fully saturated rings. The van der Waals surface area contributed by atoms with E-state index in [0.717, 1.165) is 22.0 Å². The molecular weight excluding hydrogens is 474 g/mol. The molecule has 0 aromatic heterocycles. The molecule has 8 heteroatoms. The number of hydrogen-bond acceptors (Lipinski definition) is 7. The van der Waals surface area contributed by atoms with E-state index >= 15 is 0 Å². The van der Waals surface area contributed by atoms with E-state index in [2.05, 4.69) is 19.2 Å². The van der Waals surface area contributed by atoms with E-state index in [-0.39, 0.29) is 18.9 Å². The van der Waals surface area contributed by atoms with E-state index in [9.17, 15) is 9.59 Å². The fourth-order valence-electron chi connectivity index (χ4n) is 4.14. The van der Waals surface area contributed by atoms with E-state index in [1.54, 1.807) is 14.0 Å². The largest absolute Gasteiger partial charge is 0.497 e. The molecule has 2 heterocycles. The van der Waals surface area contributed by atoms with Gasteiger partial charge < -0.3 is 19.7 Å². The van der Waals surface area contributed by atoms with Crippen LogP contribution < -0.4 is 10.1 Å². The van der Waals surface area contributed by atoms with Crippen LogP contribution in [0.5, 0.6) is 5.75 Å². The number of hydrogen-bond donors (Lipinski definition) is 1. The number of aliphatic imine (C=N–C) groups is 1. The number of methoxy groups -OCH3 is 1. The number of amidine groups is 1. The Labute approximate surface area is 216 Å². The summed E-state index contributed by atoms with van der Waals surface area (Å²) in [5.74, 6) is 0.570. The van der Waals surface area contributed by atoms with Crippen molar-refractivity contribution < 1.29 is 19.1 Å². The summed E-state index contributed by atoms with van der Waals surface area (Å²) in [6.07, 6.45) is 0.183. The zero-order valence-corrected chi connectivity index (χ0v) is 21.8. The van der Waals surface area contributed by atoms with Crippen LogP contribution in [-0.4, -0.2) is 42.2 Å². The third-order valence-electron chi connectivity index (χ3n) is 5.83. The van der Waals surface area contributed by atoms with Crippen LogP contribution in [-0.2, 0) is 14.3 Å². The summed E-state index contributed by atoms with van der Waals surface area (Å²) in [5, 5.41) is 5.65. The van der Waals surface area contributed by atoms with Gasteiger partial charge in [0.05, 0.1) is 37.4 Å². The van der Waals surface area contributed by atoms with Crippen molar-refractivity contribution in [2.75, 3.05) is 20.3 Å². The highest BCUT2D eigenvalue weighted by molar-refractivity contribution is 8.16. The molecular formula is C28H31N3O4S. The first kappa shape index (κ1) is 25.6. The number of benzene rings is 2. The van der Waals surface area contributed by atoms with E-state index in [1.807, 2.05) is 64.9 Å². The molecule has 2 aliphatic heterocycles. The maximum absolute atomic E-state index is 13.5. The van der Waals surface area contributed by atoms with Gasteiger partial charge in [0.15, 0.2) is 5.17 Å². The van der Waals surface area contributed by atoms with Crippen LogP contribution in [0.25, 0.3) is 5.70 Å². The lowest BCUT2D eigenvalue weighted by Gasteiger charge is -2.36. The van der Waals surface area contributed by atoms with Crippen LogP contribution in [0.15, 0.2) is 76.3 Å². The van der Waals surface area contributed by atoms with Crippen LogP contribution in [0.1, 0.15) is 44.4 Å². The second kappa shape index (κ2) is 11.5. The maximum atomic E-state index is 13.5. The zero-order valence-electron chi connectivity index (χ0n) is 21.0. The number of thioether (sulfide) groups is 1. The summed E-state index contributed by atoms with van der Waals surface area (Å²) in [6, 6.07) is 16.7. The molecule has 1 N–H and O–H groups in total. The minimum Gasteiger partial charge on any atom is -0.497 e. The topological polar surface area (TPSA) is 80.2 Å².